The van der Waals surface area contributed by atoms with Crippen LogP contribution in [0.5, 0.6) is 11.5 Å². The van der Waals surface area contributed by atoms with Crippen molar-refractivity contribution in [3.05, 3.63) is 134 Å². The Hall–Kier alpha value is -2.30. The number of nitro benzene ring substituents is 2. The van der Waals surface area contributed by atoms with E-state index in [0.717, 1.165) is 24.3 Å². The Bertz CT molecular complexity index is 1310. The first-order valence-corrected chi connectivity index (χ1v) is 10.1. The maximum atomic E-state index is 12.1. The quantitative estimate of drug-likeness (QED) is 0.0854. The first-order valence-electron chi connectivity index (χ1n) is 10.8. The zero-order chi connectivity index (χ0) is 30.2. The number of hydrogen-bond acceptors (Lipinski definition) is 10. The van der Waals surface area contributed by atoms with Crippen molar-refractivity contribution in [2.24, 2.45) is 0 Å². The van der Waals surface area contributed by atoms with Crippen LogP contribution in [-0.4, -0.2) is 33.4 Å². The molecule has 0 amide bonds. The fraction of sp³-hybridized carbons (Fsp3) is 0.0417. The maximum absolute atomic E-state index is 12.1. The first-order chi connectivity index (χ1) is 19.2. The summed E-state index contributed by atoms with van der Waals surface area (Å²) >= 11 is 0. The monoisotopic (exact) mass is 627 g/mol. The Morgan fingerprint density at radius 2 is 1.27 bits per heavy atom. The Morgan fingerprint density at radius 1 is 0.878 bits per heavy atom. The third kappa shape index (κ3) is 22.0. The van der Waals surface area contributed by atoms with Gasteiger partial charge in [0.25, 0.3) is 17.8 Å². The summed E-state index contributed by atoms with van der Waals surface area (Å²) in [6.07, 6.45) is 6.42. The third-order valence-electron chi connectivity index (χ3n) is 3.70. The number of non-ortho nitro benzene ring substituents is 2. The van der Waals surface area contributed by atoms with E-state index in [9.17, 15) is 33.8 Å². The molecule has 0 radical (unpaired) electrons. The largest absolute Gasteiger partial charge is 1.00 e. The normalized spacial score (nSPS) is 8.51. The van der Waals surface area contributed by atoms with Crippen LogP contribution in [0, 0.1) is 26.0 Å². The molecule has 0 saturated heterocycles. The summed E-state index contributed by atoms with van der Waals surface area (Å²) in [5.41, 5.74) is -0.0118. The van der Waals surface area contributed by atoms with E-state index < -0.39 is 22.8 Å². The van der Waals surface area contributed by atoms with Crippen molar-refractivity contribution >= 4 is 17.8 Å². The second-order valence-corrected chi connectivity index (χ2v) is 6.20. The Labute approximate surface area is 319 Å². The molecule has 17 heteroatoms. The molecular weight excluding hydrogens is 604 g/mol. The number of nitro groups is 2. The summed E-state index contributed by atoms with van der Waals surface area (Å²) in [6.45, 7) is -0.181. The molecule has 0 saturated carbocycles. The number of H-pyrrole nitrogens is 1. The molecule has 4 aromatic rings. The summed E-state index contributed by atoms with van der Waals surface area (Å²) in [6, 6.07) is 16.6. The molecule has 1 N–H and O–H groups in total. The molecule has 0 aliphatic carbocycles. The number of ether oxygens (including phenoxy) is 1. The van der Waals surface area contributed by atoms with Crippen LogP contribution in [0.3, 0.4) is 0 Å². The number of alkyl halides is 1. The van der Waals surface area contributed by atoms with E-state index in [1.54, 1.807) is 49.1 Å². The van der Waals surface area contributed by atoms with E-state index in [-0.39, 0.29) is 127 Å². The molecule has 0 aliphatic rings. The number of nitrogens with zero attached hydrogens (tertiary/aromatic N) is 3. The molecule has 0 fully saturated rings. The van der Waals surface area contributed by atoms with E-state index in [4.69, 9.17) is 16.2 Å². The van der Waals surface area contributed by atoms with Crippen LogP contribution in [-0.2, 0) is 9.68 Å². The average Bonchev–Trinajstić information content (AvgIpc) is 2.96. The predicted octanol–water partition coefficient (Wildman–Crippen LogP) is -1.97. The average molecular weight is 628 g/mol. The van der Waals surface area contributed by atoms with Crippen LogP contribution in [0.4, 0.5) is 20.2 Å². The van der Waals surface area contributed by atoms with Crippen LogP contribution in [0.2, 0.25) is 0 Å². The zero-order valence-electron chi connectivity index (χ0n) is 23.8. The number of carbonyl (C=O) groups is 1. The van der Waals surface area contributed by atoms with Gasteiger partial charge in [-0.3, -0.25) is 39.2 Å². The maximum Gasteiger partial charge on any atom is 1.00 e. The van der Waals surface area contributed by atoms with Gasteiger partial charge in [-0.05, 0) is 36.4 Å². The van der Waals surface area contributed by atoms with Crippen LogP contribution in [0.15, 0.2) is 102 Å². The minimum atomic E-state index is -1.00. The van der Waals surface area contributed by atoms with Crippen molar-refractivity contribution < 1.29 is 144 Å². The number of hydrogen-bond donors (Lipinski definition) is 1. The van der Waals surface area contributed by atoms with Crippen molar-refractivity contribution in [3.63, 3.8) is 0 Å². The molecule has 0 atom stereocenters. The molecule has 13 nitrogen and oxygen atoms in total. The number of aromatic nitrogens is 2. The van der Waals surface area contributed by atoms with Crippen molar-refractivity contribution in [3.8, 4) is 11.5 Å². The first kappa shape index (κ1) is 40.8. The summed E-state index contributed by atoms with van der Waals surface area (Å²) in [4.78, 5) is 47.5. The molecule has 0 aliphatic heterocycles. The van der Waals surface area contributed by atoms with Crippen molar-refractivity contribution in [1.29, 1.82) is 0 Å². The number of aromatic amines is 1. The molecule has 2 aromatic heterocycles. The fourth-order valence-electron chi connectivity index (χ4n) is 2.11. The Morgan fingerprint density at radius 3 is 1.61 bits per heavy atom. The molecule has 2 aromatic carbocycles. The van der Waals surface area contributed by atoms with E-state index in [0.29, 0.717) is 11.5 Å². The SMILES string of the molecule is O=CO[O-].O=[N+]([O-])c1ccc(F)cc1.O=[N+]([O-])c1ccc(Oc2ccncc2)cc1.O=c1cc[nH]cc1.[2H]CF.[H-].[K+].[K+]. The zero-order valence-corrected chi connectivity index (χ0v) is 28.0. The minimum absolute atomic E-state index is 0. The molecule has 4 rings (SSSR count). The smallest absolute Gasteiger partial charge is 1.00 e. The minimum Gasteiger partial charge on any atom is -1.00 e. The second kappa shape index (κ2) is 27.9. The van der Waals surface area contributed by atoms with Crippen LogP contribution in [0.25, 0.3) is 0 Å². The van der Waals surface area contributed by atoms with Gasteiger partial charge in [-0.15, -0.1) is 0 Å². The molecule has 0 spiro atoms. The van der Waals surface area contributed by atoms with Gasteiger partial charge >= 0.3 is 103 Å². The third-order valence-corrected chi connectivity index (χ3v) is 3.70. The van der Waals surface area contributed by atoms with E-state index in [2.05, 4.69) is 14.9 Å². The van der Waals surface area contributed by atoms with Gasteiger partial charge in [0.1, 0.15) is 17.3 Å². The second-order valence-electron chi connectivity index (χ2n) is 6.20. The number of carbonyl (C=O) groups excluding carboxylic acids is 1. The van der Waals surface area contributed by atoms with Crippen LogP contribution in [0.1, 0.15) is 2.80 Å². The Kier molecular flexibility index (Phi) is 27.7. The van der Waals surface area contributed by atoms with Gasteiger partial charge in [-0.25, -0.2) is 4.39 Å². The van der Waals surface area contributed by atoms with Gasteiger partial charge in [0.15, 0.2) is 5.43 Å². The molecule has 0 unspecified atom stereocenters. The molecule has 2 heterocycles. The van der Waals surface area contributed by atoms with Crippen molar-refractivity contribution in [2.45, 2.75) is 0 Å². The van der Waals surface area contributed by atoms with Gasteiger partial charge in [0.05, 0.1) is 18.4 Å². The molecular formula is C24H22F2K2N4O9. The van der Waals surface area contributed by atoms with Gasteiger partial charge < -0.3 is 21.3 Å². The number of rotatable bonds is 5. The molecule has 0 bridgehead atoms. The van der Waals surface area contributed by atoms with Crippen LogP contribution >= 0.6 is 0 Å². The number of halogens is 2. The summed E-state index contributed by atoms with van der Waals surface area (Å²) in [5.74, 6) is 0.728. The van der Waals surface area contributed by atoms with Crippen molar-refractivity contribution in [1.82, 2.24) is 9.97 Å². The fourth-order valence-corrected chi connectivity index (χ4v) is 2.11. The standard InChI is InChI=1S/C11H8N2O3.C6H4FNO2.C5H5NO.CH3F.CH2O3.2K.H/c14-13(15)9-1-3-10(4-2-9)16-11-5-7-12-8-6-11;7-5-1-3-6(4-2-5)8(9)10;7-5-1-3-6-4-2-5;1-2;2-1-4-3;;;/h1-8H;1-4H;1-4H,(H,6,7);1H3;1,3H;;;/q;;;;;2*+1;-1/p-1/i;;;1D;;;;. The van der Waals surface area contributed by atoms with Gasteiger partial charge in [0.2, 0.25) is 0 Å². The molecule has 41 heavy (non-hydrogen) atoms. The summed E-state index contributed by atoms with van der Waals surface area (Å²) in [7, 11) is -1.00. The summed E-state index contributed by atoms with van der Waals surface area (Å²) in [5, 5.41) is 28.9. The predicted molar refractivity (Wildman–Crippen MR) is 133 cm³/mol. The van der Waals surface area contributed by atoms with E-state index >= 15 is 0 Å². The molecule has 208 valence electrons. The Balaban J connectivity index is -0.000000245. The number of pyridine rings is 2. The number of benzene rings is 2. The van der Waals surface area contributed by atoms with Gasteiger partial charge in [-0.1, -0.05) is 0 Å². The van der Waals surface area contributed by atoms with Crippen LogP contribution < -0.4 is 118 Å². The summed E-state index contributed by atoms with van der Waals surface area (Å²) < 4.78 is 33.1. The van der Waals surface area contributed by atoms with E-state index in [1.165, 1.54) is 24.3 Å². The van der Waals surface area contributed by atoms with Gasteiger partial charge in [-0.2, -0.15) is 0 Å². The van der Waals surface area contributed by atoms with Crippen molar-refractivity contribution in [2.75, 3.05) is 7.15 Å². The van der Waals surface area contributed by atoms with Gasteiger partial charge in [0, 0.05) is 61.2 Å². The van der Waals surface area contributed by atoms with E-state index in [1.807, 2.05) is 0 Å². The topological polar surface area (TPSA) is 191 Å². The number of nitrogens with one attached hydrogen (secondary N) is 1.